The van der Waals surface area contributed by atoms with E-state index in [-0.39, 0.29) is 5.78 Å². The topological polar surface area (TPSA) is 51.2 Å². The molecule has 0 heterocycles. The van der Waals surface area contributed by atoms with Crippen molar-refractivity contribution < 1.29 is 33.7 Å². The Labute approximate surface area is 53.6 Å². The third-order valence-electron chi connectivity index (χ3n) is 0. The molecular formula is C3H6O3Zr. The first-order chi connectivity index (χ1) is 3.15. The summed E-state index contributed by atoms with van der Waals surface area (Å²) in [7, 11) is 0. The number of Topliss-reactive ketones (excluding diaryl/α,β-unsaturated/α-hetero) is 1. The van der Waals surface area contributed by atoms with Crippen LogP contribution in [0.2, 0.25) is 0 Å². The molecule has 0 aliphatic heterocycles. The molecule has 0 aliphatic carbocycles. The van der Waals surface area contributed by atoms with Gasteiger partial charge in [0.05, 0.1) is 0 Å². The molecule has 4 heteroatoms. The van der Waals surface area contributed by atoms with Crippen LogP contribution in [0.4, 0.5) is 0 Å². The molecule has 3 nitrogen and oxygen atoms in total. The summed E-state index contributed by atoms with van der Waals surface area (Å²) < 4.78 is 17.1. The van der Waals surface area contributed by atoms with Crippen molar-refractivity contribution in [1.82, 2.24) is 0 Å². The summed E-state index contributed by atoms with van der Waals surface area (Å²) in [6, 6.07) is 0. The number of hydrogen-bond donors (Lipinski definition) is 0. The minimum absolute atomic E-state index is 0.167. The van der Waals surface area contributed by atoms with Gasteiger partial charge in [-0.2, -0.15) is 0 Å². The zero-order valence-electron chi connectivity index (χ0n) is 4.22. The second-order valence-electron chi connectivity index (χ2n) is 0.992. The molecule has 0 unspecified atom stereocenters. The van der Waals surface area contributed by atoms with E-state index in [1.807, 2.05) is 0 Å². The zero-order chi connectivity index (χ0) is 6.28. The molecule has 7 heavy (non-hydrogen) atoms. The Kier molecular flexibility index (Phi) is 13.8. The van der Waals surface area contributed by atoms with Crippen molar-refractivity contribution in [3.05, 3.63) is 0 Å². The van der Waals surface area contributed by atoms with Gasteiger partial charge in [-0.15, -0.1) is 0 Å². The van der Waals surface area contributed by atoms with Gasteiger partial charge in [-0.05, 0) is 13.8 Å². The normalized spacial score (nSPS) is 4.86. The molecule has 0 fully saturated rings. The van der Waals surface area contributed by atoms with E-state index in [4.69, 9.17) is 5.63 Å². The third-order valence-corrected chi connectivity index (χ3v) is 0. The van der Waals surface area contributed by atoms with Crippen molar-refractivity contribution in [2.24, 2.45) is 0 Å². The first-order valence-electron chi connectivity index (χ1n) is 1.61. The van der Waals surface area contributed by atoms with Crippen molar-refractivity contribution in [1.29, 1.82) is 0 Å². The van der Waals surface area contributed by atoms with Crippen molar-refractivity contribution in [2.45, 2.75) is 13.8 Å². The molecule has 0 amide bonds. The average molecular weight is 181 g/mol. The quantitative estimate of drug-likeness (QED) is 0.542. The van der Waals surface area contributed by atoms with Gasteiger partial charge >= 0.3 is 28.9 Å². The minimum atomic E-state index is -2.27. The summed E-state index contributed by atoms with van der Waals surface area (Å²) in [6.07, 6.45) is 0. The van der Waals surface area contributed by atoms with Crippen molar-refractivity contribution in [2.75, 3.05) is 0 Å². The zero-order valence-corrected chi connectivity index (χ0v) is 6.68. The van der Waals surface area contributed by atoms with Crippen LogP contribution < -0.4 is 0 Å². The third kappa shape index (κ3) is 4530. The van der Waals surface area contributed by atoms with E-state index < -0.39 is 23.2 Å². The van der Waals surface area contributed by atoms with E-state index in [0.29, 0.717) is 0 Å². The van der Waals surface area contributed by atoms with Gasteiger partial charge in [0.15, 0.2) is 0 Å². The van der Waals surface area contributed by atoms with E-state index in [9.17, 15) is 4.79 Å². The van der Waals surface area contributed by atoms with Crippen LogP contribution in [-0.4, -0.2) is 5.78 Å². The van der Waals surface area contributed by atoms with Gasteiger partial charge in [-0.25, -0.2) is 0 Å². The Morgan fingerprint density at radius 1 is 1.29 bits per heavy atom. The van der Waals surface area contributed by atoms with Crippen LogP contribution in [0.1, 0.15) is 13.8 Å². The molecule has 0 aromatic carbocycles. The van der Waals surface area contributed by atoms with Crippen LogP contribution in [0, 0.1) is 0 Å². The SMILES string of the molecule is CC(C)=O.[O]=[Zr]=[O]. The molecule has 0 bridgehead atoms. The summed E-state index contributed by atoms with van der Waals surface area (Å²) in [5.41, 5.74) is 0. The van der Waals surface area contributed by atoms with Gasteiger partial charge in [0, 0.05) is 0 Å². The van der Waals surface area contributed by atoms with Crippen LogP contribution >= 0.6 is 0 Å². The monoisotopic (exact) mass is 180 g/mol. The van der Waals surface area contributed by atoms with Crippen molar-refractivity contribution in [3.8, 4) is 0 Å². The first kappa shape index (κ1) is 10.2. The molecule has 40 valence electrons. The van der Waals surface area contributed by atoms with Crippen LogP contribution in [-0.2, 0) is 33.7 Å². The van der Waals surface area contributed by atoms with Crippen molar-refractivity contribution >= 4 is 5.78 Å². The predicted octanol–water partition coefficient (Wildman–Crippen LogP) is 0.355. The van der Waals surface area contributed by atoms with Gasteiger partial charge in [0.1, 0.15) is 5.78 Å². The van der Waals surface area contributed by atoms with Crippen LogP contribution in [0.25, 0.3) is 0 Å². The van der Waals surface area contributed by atoms with Crippen LogP contribution in [0.5, 0.6) is 0 Å². The van der Waals surface area contributed by atoms with Gasteiger partial charge < -0.3 is 4.79 Å². The van der Waals surface area contributed by atoms with Crippen molar-refractivity contribution in [3.63, 3.8) is 0 Å². The number of carbonyl (C=O) groups is 1. The summed E-state index contributed by atoms with van der Waals surface area (Å²) in [5, 5.41) is 0. The van der Waals surface area contributed by atoms with Gasteiger partial charge in [0.2, 0.25) is 0 Å². The second kappa shape index (κ2) is 9.47. The van der Waals surface area contributed by atoms with Crippen LogP contribution in [0.15, 0.2) is 0 Å². The summed E-state index contributed by atoms with van der Waals surface area (Å²) in [6.45, 7) is 3.06. The van der Waals surface area contributed by atoms with E-state index in [2.05, 4.69) is 0 Å². The molecule has 0 spiro atoms. The molecule has 0 N–H and O–H groups in total. The van der Waals surface area contributed by atoms with Crippen LogP contribution in [0.3, 0.4) is 0 Å². The van der Waals surface area contributed by atoms with E-state index in [1.54, 1.807) is 0 Å². The molecule has 0 saturated carbocycles. The molecule has 0 atom stereocenters. The maximum absolute atomic E-state index is 9.44. The summed E-state index contributed by atoms with van der Waals surface area (Å²) >= 11 is -2.27. The Morgan fingerprint density at radius 2 is 1.29 bits per heavy atom. The van der Waals surface area contributed by atoms with E-state index in [0.717, 1.165) is 0 Å². The molecule has 0 aliphatic rings. The van der Waals surface area contributed by atoms with E-state index >= 15 is 0 Å². The van der Waals surface area contributed by atoms with Gasteiger partial charge in [-0.1, -0.05) is 0 Å². The number of ketones is 1. The Bertz CT molecular complexity index is 78.2. The fraction of sp³-hybridized carbons (Fsp3) is 0.667. The molecule has 0 saturated heterocycles. The Hall–Kier alpha value is 0.153. The average Bonchev–Trinajstić information content (AvgIpc) is 1.33. The van der Waals surface area contributed by atoms with Gasteiger partial charge in [-0.3, -0.25) is 0 Å². The fourth-order valence-corrected chi connectivity index (χ4v) is 0. The first-order valence-corrected chi connectivity index (χ1v) is 3.62. The number of carbonyl (C=O) groups excluding carboxylic acids is 1. The summed E-state index contributed by atoms with van der Waals surface area (Å²) in [4.78, 5) is 9.44. The fourth-order valence-electron chi connectivity index (χ4n) is 0. The summed E-state index contributed by atoms with van der Waals surface area (Å²) in [5.74, 6) is 0.167. The number of hydrogen-bond acceptors (Lipinski definition) is 3. The maximum atomic E-state index is 9.44. The Morgan fingerprint density at radius 3 is 1.29 bits per heavy atom. The molecule has 0 aromatic heterocycles. The molecule has 0 radical (unpaired) electrons. The van der Waals surface area contributed by atoms with E-state index in [1.165, 1.54) is 13.8 Å². The standard InChI is InChI=1S/C3H6O.2O.Zr/c1-3(2)4;;;/h1-2H3;;;. The molecule has 0 rings (SSSR count). The molecular weight excluding hydrogens is 175 g/mol. The number of rotatable bonds is 0. The van der Waals surface area contributed by atoms with Gasteiger partial charge in [0.25, 0.3) is 0 Å². The predicted molar refractivity (Wildman–Crippen MR) is 17.7 cm³/mol. The Balaban J connectivity index is 0. The molecule has 0 aromatic rings. The second-order valence-corrected chi connectivity index (χ2v) is 1.40.